The quantitative estimate of drug-likeness (QED) is 0.484. The van der Waals surface area contributed by atoms with Gasteiger partial charge < -0.3 is 5.32 Å². The Morgan fingerprint density at radius 3 is 2.54 bits per heavy atom. The van der Waals surface area contributed by atoms with Crippen molar-refractivity contribution in [3.05, 3.63) is 69.3 Å². The van der Waals surface area contributed by atoms with Crippen LogP contribution >= 0.6 is 0 Å². The van der Waals surface area contributed by atoms with Gasteiger partial charge in [-0.1, -0.05) is 17.7 Å². The number of benzene rings is 2. The molecule has 0 unspecified atom stereocenters. The van der Waals surface area contributed by atoms with Gasteiger partial charge in [0.1, 0.15) is 0 Å². The lowest BCUT2D eigenvalue weighted by atomic mass is 10.1. The Bertz CT molecular complexity index is 770. The van der Waals surface area contributed by atoms with E-state index in [2.05, 4.69) is 15.8 Å². The van der Waals surface area contributed by atoms with E-state index in [1.54, 1.807) is 12.1 Å². The first-order chi connectivity index (χ1) is 11.5. The number of non-ortho nitro benzene ring substituents is 1. The van der Waals surface area contributed by atoms with Gasteiger partial charge in [0.25, 0.3) is 11.6 Å². The number of hydrogen-bond acceptors (Lipinski definition) is 5. The van der Waals surface area contributed by atoms with Crippen LogP contribution in [0.5, 0.6) is 0 Å². The molecule has 124 valence electrons. The van der Waals surface area contributed by atoms with Crippen molar-refractivity contribution in [1.29, 1.82) is 0 Å². The molecule has 24 heavy (non-hydrogen) atoms. The van der Waals surface area contributed by atoms with Gasteiger partial charge in [-0.3, -0.25) is 14.9 Å². The van der Waals surface area contributed by atoms with Crippen molar-refractivity contribution in [3.63, 3.8) is 0 Å². The molecule has 2 aromatic rings. The molecular formula is C17H18N4O3. The van der Waals surface area contributed by atoms with Crippen LogP contribution in [0, 0.1) is 24.0 Å². The molecule has 0 saturated heterocycles. The van der Waals surface area contributed by atoms with Crippen molar-refractivity contribution in [2.45, 2.75) is 13.8 Å². The van der Waals surface area contributed by atoms with Crippen LogP contribution in [0.1, 0.15) is 16.7 Å². The Balaban J connectivity index is 1.83. The molecule has 0 heterocycles. The van der Waals surface area contributed by atoms with E-state index in [9.17, 15) is 14.9 Å². The van der Waals surface area contributed by atoms with Crippen LogP contribution < -0.4 is 10.7 Å². The molecular weight excluding hydrogens is 308 g/mol. The molecule has 2 N–H and O–H groups in total. The van der Waals surface area contributed by atoms with Crippen molar-refractivity contribution in [2.24, 2.45) is 5.10 Å². The maximum absolute atomic E-state index is 11.8. The number of aryl methyl sites for hydroxylation is 2. The molecule has 0 saturated carbocycles. The molecule has 7 heteroatoms. The average molecular weight is 326 g/mol. The highest BCUT2D eigenvalue weighted by Gasteiger charge is 2.04. The normalized spacial score (nSPS) is 10.6. The smallest absolute Gasteiger partial charge is 0.269 e. The minimum Gasteiger partial charge on any atom is -0.376 e. The monoisotopic (exact) mass is 326 g/mol. The fourth-order valence-corrected chi connectivity index (χ4v) is 2.09. The second-order valence-corrected chi connectivity index (χ2v) is 5.31. The van der Waals surface area contributed by atoms with E-state index < -0.39 is 4.92 Å². The Morgan fingerprint density at radius 2 is 1.92 bits per heavy atom. The fourth-order valence-electron chi connectivity index (χ4n) is 2.09. The topological polar surface area (TPSA) is 96.6 Å². The van der Waals surface area contributed by atoms with E-state index >= 15 is 0 Å². The lowest BCUT2D eigenvalue weighted by Gasteiger charge is -2.09. The Labute approximate surface area is 139 Å². The number of amides is 1. The van der Waals surface area contributed by atoms with Gasteiger partial charge in [-0.2, -0.15) is 5.10 Å². The van der Waals surface area contributed by atoms with Crippen molar-refractivity contribution < 1.29 is 9.72 Å². The maximum Gasteiger partial charge on any atom is 0.269 e. The number of hydrogen-bond donors (Lipinski definition) is 2. The van der Waals surface area contributed by atoms with Crippen LogP contribution in [0.2, 0.25) is 0 Å². The molecule has 0 bridgehead atoms. The Kier molecular flexibility index (Phi) is 5.62. The summed E-state index contributed by atoms with van der Waals surface area (Å²) in [6.45, 7) is 4.08. The van der Waals surface area contributed by atoms with E-state index in [0.29, 0.717) is 5.56 Å². The van der Waals surface area contributed by atoms with E-state index in [-0.39, 0.29) is 18.1 Å². The number of anilines is 1. The van der Waals surface area contributed by atoms with E-state index in [1.165, 1.54) is 18.3 Å². The minimum absolute atomic E-state index is 0.00820. The zero-order valence-corrected chi connectivity index (χ0v) is 13.4. The Morgan fingerprint density at radius 1 is 1.21 bits per heavy atom. The van der Waals surface area contributed by atoms with Crippen LogP contribution in [-0.2, 0) is 4.79 Å². The molecule has 2 aromatic carbocycles. The van der Waals surface area contributed by atoms with Crippen molar-refractivity contribution >= 4 is 23.5 Å². The molecule has 0 radical (unpaired) electrons. The SMILES string of the molecule is Cc1ccc(NCC(=O)N/N=C/c2ccc([N+](=O)[O-])cc2)c(C)c1. The first kappa shape index (κ1) is 17.1. The van der Waals surface area contributed by atoms with Crippen molar-refractivity contribution in [1.82, 2.24) is 5.43 Å². The van der Waals surface area contributed by atoms with Crippen LogP contribution in [0.4, 0.5) is 11.4 Å². The molecule has 0 aliphatic rings. The van der Waals surface area contributed by atoms with Gasteiger partial charge in [-0.15, -0.1) is 0 Å². The summed E-state index contributed by atoms with van der Waals surface area (Å²) in [6, 6.07) is 11.8. The van der Waals surface area contributed by atoms with Gasteiger partial charge >= 0.3 is 0 Å². The van der Waals surface area contributed by atoms with E-state index in [0.717, 1.165) is 16.8 Å². The zero-order valence-electron chi connectivity index (χ0n) is 13.4. The van der Waals surface area contributed by atoms with Gasteiger partial charge in [0.05, 0.1) is 17.7 Å². The zero-order chi connectivity index (χ0) is 17.5. The predicted molar refractivity (Wildman–Crippen MR) is 93.2 cm³/mol. The number of hydrazone groups is 1. The summed E-state index contributed by atoms with van der Waals surface area (Å²) in [4.78, 5) is 21.8. The molecule has 7 nitrogen and oxygen atoms in total. The van der Waals surface area contributed by atoms with Gasteiger partial charge in [0, 0.05) is 17.8 Å². The summed E-state index contributed by atoms with van der Waals surface area (Å²) < 4.78 is 0. The number of nitrogens with zero attached hydrogens (tertiary/aromatic N) is 2. The summed E-state index contributed by atoms with van der Waals surface area (Å²) in [5.74, 6) is -0.284. The summed E-state index contributed by atoms with van der Waals surface area (Å²) in [6.07, 6.45) is 1.43. The second-order valence-electron chi connectivity index (χ2n) is 5.31. The van der Waals surface area contributed by atoms with Crippen LogP contribution in [0.15, 0.2) is 47.6 Å². The third-order valence-electron chi connectivity index (χ3n) is 3.33. The first-order valence-electron chi connectivity index (χ1n) is 7.33. The number of nitro benzene ring substituents is 1. The number of carbonyl (C=O) groups is 1. The molecule has 0 fully saturated rings. The standard InChI is InChI=1S/C17H18N4O3/c1-12-3-8-16(13(2)9-12)18-11-17(22)20-19-10-14-4-6-15(7-5-14)21(23)24/h3-10,18H,11H2,1-2H3,(H,20,22)/b19-10+. The predicted octanol–water partition coefficient (Wildman–Crippen LogP) is 2.77. The lowest BCUT2D eigenvalue weighted by molar-refractivity contribution is -0.384. The van der Waals surface area contributed by atoms with Crippen molar-refractivity contribution in [3.8, 4) is 0 Å². The minimum atomic E-state index is -0.471. The molecule has 0 aliphatic carbocycles. The lowest BCUT2D eigenvalue weighted by Crippen LogP contribution is -2.26. The van der Waals surface area contributed by atoms with Crippen LogP contribution in [-0.4, -0.2) is 23.6 Å². The number of carbonyl (C=O) groups excluding carboxylic acids is 1. The Hall–Kier alpha value is -3.22. The van der Waals surface area contributed by atoms with E-state index in [1.807, 2.05) is 32.0 Å². The highest BCUT2D eigenvalue weighted by atomic mass is 16.6. The maximum atomic E-state index is 11.8. The number of nitro groups is 1. The molecule has 0 atom stereocenters. The third kappa shape index (κ3) is 4.91. The van der Waals surface area contributed by atoms with Crippen LogP contribution in [0.3, 0.4) is 0 Å². The number of rotatable bonds is 6. The average Bonchev–Trinajstić information content (AvgIpc) is 2.54. The van der Waals surface area contributed by atoms with Gasteiger partial charge in [0.2, 0.25) is 0 Å². The fraction of sp³-hybridized carbons (Fsp3) is 0.176. The molecule has 1 amide bonds. The largest absolute Gasteiger partial charge is 0.376 e. The molecule has 0 aliphatic heterocycles. The summed E-state index contributed by atoms with van der Waals surface area (Å²) >= 11 is 0. The summed E-state index contributed by atoms with van der Waals surface area (Å²) in [5.41, 5.74) is 6.20. The highest BCUT2D eigenvalue weighted by Crippen LogP contribution is 2.15. The van der Waals surface area contributed by atoms with Gasteiger partial charge in [0.15, 0.2) is 0 Å². The molecule has 0 spiro atoms. The van der Waals surface area contributed by atoms with Gasteiger partial charge in [-0.25, -0.2) is 5.43 Å². The third-order valence-corrected chi connectivity index (χ3v) is 3.33. The summed E-state index contributed by atoms with van der Waals surface area (Å²) in [5, 5.41) is 17.4. The highest BCUT2D eigenvalue weighted by molar-refractivity contribution is 5.84. The first-order valence-corrected chi connectivity index (χ1v) is 7.33. The molecule has 0 aromatic heterocycles. The summed E-state index contributed by atoms with van der Waals surface area (Å²) in [7, 11) is 0. The van der Waals surface area contributed by atoms with Gasteiger partial charge in [-0.05, 0) is 43.2 Å². The molecule has 2 rings (SSSR count). The van der Waals surface area contributed by atoms with Crippen LogP contribution in [0.25, 0.3) is 0 Å². The second kappa shape index (κ2) is 7.87. The van der Waals surface area contributed by atoms with E-state index in [4.69, 9.17) is 0 Å². The number of nitrogens with one attached hydrogen (secondary N) is 2. The van der Waals surface area contributed by atoms with Crippen molar-refractivity contribution in [2.75, 3.05) is 11.9 Å².